The Morgan fingerprint density at radius 3 is 1.10 bits per heavy atom. The van der Waals surface area contributed by atoms with Crippen molar-refractivity contribution in [3.63, 3.8) is 0 Å². The van der Waals surface area contributed by atoms with Gasteiger partial charge in [-0.2, -0.15) is 0 Å². The lowest BCUT2D eigenvalue weighted by molar-refractivity contribution is 1.28. The zero-order valence-corrected chi connectivity index (χ0v) is 28.4. The van der Waals surface area contributed by atoms with E-state index in [2.05, 4.69) is 181 Å². The van der Waals surface area contributed by atoms with Gasteiger partial charge in [0.2, 0.25) is 0 Å². The highest BCUT2D eigenvalue weighted by Crippen LogP contribution is 2.41. The van der Waals surface area contributed by atoms with Crippen molar-refractivity contribution >= 4 is 71.2 Å². The van der Waals surface area contributed by atoms with Crippen LogP contribution >= 0.6 is 34.0 Å². The maximum Gasteiger partial charge on any atom is 0.0462 e. The number of hydrogen-bond donors (Lipinski definition) is 0. The fraction of sp³-hybridized carbons (Fsp3) is 0. The second kappa shape index (κ2) is 12.4. The molecule has 0 aliphatic heterocycles. The first kappa shape index (κ1) is 28.9. The van der Waals surface area contributed by atoms with Gasteiger partial charge in [-0.1, -0.05) is 103 Å². The molecule has 48 heavy (non-hydrogen) atoms. The van der Waals surface area contributed by atoms with E-state index < -0.39 is 0 Å². The molecule has 0 aliphatic rings. The van der Waals surface area contributed by atoms with Crippen LogP contribution in [0.1, 0.15) is 0 Å². The van der Waals surface area contributed by atoms with Crippen molar-refractivity contribution in [1.29, 1.82) is 0 Å². The summed E-state index contributed by atoms with van der Waals surface area (Å²) in [7, 11) is 0. The highest BCUT2D eigenvalue weighted by atomic mass is 32.1. The molecule has 6 aromatic carbocycles. The standard InChI is InChI=1S/C44H29NS3/c1-2-8-30(9-3-1)41-26-27-42(46-41)31-14-20-36(21-15-31)45(37-22-16-32(17-23-37)43-28-34-10-4-6-12-39(34)47-43)38-24-18-33(19-25-38)44-29-35-11-5-7-13-40(35)48-44/h1-29H. The molecule has 1 nitrogen and oxygen atoms in total. The summed E-state index contributed by atoms with van der Waals surface area (Å²) in [6.07, 6.45) is 0. The van der Waals surface area contributed by atoms with Gasteiger partial charge in [-0.05, 0) is 106 Å². The number of hydrogen-bond acceptors (Lipinski definition) is 4. The van der Waals surface area contributed by atoms with Crippen molar-refractivity contribution in [2.75, 3.05) is 4.90 Å². The minimum Gasteiger partial charge on any atom is -0.311 e. The van der Waals surface area contributed by atoms with Gasteiger partial charge in [-0.15, -0.1) is 34.0 Å². The second-order valence-electron chi connectivity index (χ2n) is 11.8. The fourth-order valence-electron chi connectivity index (χ4n) is 6.27. The zero-order valence-electron chi connectivity index (χ0n) is 25.9. The number of thiophene rings is 3. The van der Waals surface area contributed by atoms with Crippen LogP contribution < -0.4 is 4.90 Å². The number of anilines is 3. The number of rotatable bonds is 7. The molecule has 0 radical (unpaired) electrons. The smallest absolute Gasteiger partial charge is 0.0462 e. The summed E-state index contributed by atoms with van der Waals surface area (Å²) >= 11 is 5.53. The van der Waals surface area contributed by atoms with Gasteiger partial charge in [0.1, 0.15) is 0 Å². The minimum atomic E-state index is 1.13. The molecule has 0 saturated heterocycles. The average Bonchev–Trinajstić information content (AvgIpc) is 3.92. The summed E-state index contributed by atoms with van der Waals surface area (Å²) in [6.45, 7) is 0. The molecule has 4 heteroatoms. The predicted molar refractivity (Wildman–Crippen MR) is 212 cm³/mol. The van der Waals surface area contributed by atoms with Crippen molar-refractivity contribution in [2.45, 2.75) is 0 Å². The maximum atomic E-state index is 2.36. The third-order valence-electron chi connectivity index (χ3n) is 8.75. The molecule has 0 fully saturated rings. The quantitative estimate of drug-likeness (QED) is 0.163. The van der Waals surface area contributed by atoms with Crippen LogP contribution in [-0.2, 0) is 0 Å². The largest absolute Gasteiger partial charge is 0.311 e. The summed E-state index contributed by atoms with van der Waals surface area (Å²) in [5.74, 6) is 0. The van der Waals surface area contributed by atoms with E-state index in [0.717, 1.165) is 17.1 Å². The molecule has 3 aromatic heterocycles. The Bertz CT molecular complexity index is 2300. The molecule has 0 bridgehead atoms. The van der Waals surface area contributed by atoms with Crippen LogP contribution in [0.25, 0.3) is 61.9 Å². The van der Waals surface area contributed by atoms with Crippen molar-refractivity contribution < 1.29 is 0 Å². The van der Waals surface area contributed by atoms with Crippen LogP contribution in [0.4, 0.5) is 17.1 Å². The summed E-state index contributed by atoms with van der Waals surface area (Å²) in [6, 6.07) is 63.9. The van der Waals surface area contributed by atoms with Crippen molar-refractivity contribution in [3.8, 4) is 41.8 Å². The van der Waals surface area contributed by atoms with Gasteiger partial charge >= 0.3 is 0 Å². The molecule has 0 atom stereocenters. The van der Waals surface area contributed by atoms with Crippen molar-refractivity contribution in [1.82, 2.24) is 0 Å². The summed E-state index contributed by atoms with van der Waals surface area (Å²) in [5, 5.41) is 2.59. The van der Waals surface area contributed by atoms with E-state index in [1.807, 2.05) is 34.0 Å². The van der Waals surface area contributed by atoms with Gasteiger partial charge in [-0.3, -0.25) is 0 Å². The molecule has 0 N–H and O–H groups in total. The Balaban J connectivity index is 1.07. The lowest BCUT2D eigenvalue weighted by atomic mass is 10.1. The molecule has 0 spiro atoms. The van der Waals surface area contributed by atoms with E-state index in [-0.39, 0.29) is 0 Å². The maximum absolute atomic E-state index is 2.36. The Hall–Kier alpha value is -5.26. The Morgan fingerprint density at radius 1 is 0.292 bits per heavy atom. The van der Waals surface area contributed by atoms with Crippen LogP contribution in [0.2, 0.25) is 0 Å². The number of fused-ring (bicyclic) bond motifs is 2. The van der Waals surface area contributed by atoms with E-state index >= 15 is 0 Å². The molecular weight excluding hydrogens is 639 g/mol. The van der Waals surface area contributed by atoms with Crippen LogP contribution in [-0.4, -0.2) is 0 Å². The molecule has 0 saturated carbocycles. The third-order valence-corrected chi connectivity index (χ3v) is 12.3. The molecule has 0 amide bonds. The summed E-state index contributed by atoms with van der Waals surface area (Å²) in [5.41, 5.74) is 8.35. The van der Waals surface area contributed by atoms with Crippen LogP contribution in [0, 0.1) is 0 Å². The van der Waals surface area contributed by atoms with Gasteiger partial charge in [0.15, 0.2) is 0 Å². The lowest BCUT2D eigenvalue weighted by Crippen LogP contribution is -2.09. The van der Waals surface area contributed by atoms with E-state index in [1.54, 1.807) is 0 Å². The predicted octanol–water partition coefficient (Wildman–Crippen LogP) is 14.3. The molecular formula is C44H29NS3. The summed E-state index contributed by atoms with van der Waals surface area (Å²) in [4.78, 5) is 7.49. The molecule has 228 valence electrons. The van der Waals surface area contributed by atoms with Crippen LogP contribution in [0.3, 0.4) is 0 Å². The minimum absolute atomic E-state index is 1.13. The fourth-order valence-corrected chi connectivity index (χ4v) is 9.42. The number of benzene rings is 6. The Morgan fingerprint density at radius 2 is 0.667 bits per heavy atom. The first-order valence-corrected chi connectivity index (χ1v) is 18.4. The van der Waals surface area contributed by atoms with Gasteiger partial charge in [0.05, 0.1) is 0 Å². The molecule has 3 heterocycles. The van der Waals surface area contributed by atoms with Crippen molar-refractivity contribution in [2.24, 2.45) is 0 Å². The molecule has 0 aliphatic carbocycles. The topological polar surface area (TPSA) is 3.24 Å². The van der Waals surface area contributed by atoms with Gasteiger partial charge < -0.3 is 4.90 Å². The van der Waals surface area contributed by atoms with Crippen LogP contribution in [0.15, 0.2) is 176 Å². The number of nitrogens with zero attached hydrogens (tertiary/aromatic N) is 1. The highest BCUT2D eigenvalue weighted by Gasteiger charge is 2.15. The zero-order chi connectivity index (χ0) is 31.9. The van der Waals surface area contributed by atoms with E-state index in [1.165, 1.54) is 61.9 Å². The first-order valence-electron chi connectivity index (χ1n) is 16.0. The molecule has 9 aromatic rings. The SMILES string of the molecule is c1ccc(-c2ccc(-c3ccc(N(c4ccc(-c5cc6ccccc6s5)cc4)c4ccc(-c5cc6ccccc6s5)cc4)cc3)s2)cc1. The summed E-state index contributed by atoms with van der Waals surface area (Å²) < 4.78 is 2.64. The van der Waals surface area contributed by atoms with E-state index in [4.69, 9.17) is 0 Å². The average molecular weight is 668 g/mol. The van der Waals surface area contributed by atoms with Gasteiger partial charge in [0, 0.05) is 46.0 Å². The first-order chi connectivity index (χ1) is 23.7. The van der Waals surface area contributed by atoms with Crippen molar-refractivity contribution in [3.05, 3.63) is 176 Å². The second-order valence-corrected chi connectivity index (χ2v) is 15.1. The van der Waals surface area contributed by atoms with E-state index in [9.17, 15) is 0 Å². The van der Waals surface area contributed by atoms with Gasteiger partial charge in [-0.25, -0.2) is 0 Å². The van der Waals surface area contributed by atoms with Gasteiger partial charge in [0.25, 0.3) is 0 Å². The normalized spacial score (nSPS) is 11.3. The third kappa shape index (κ3) is 5.54. The van der Waals surface area contributed by atoms with E-state index in [0.29, 0.717) is 0 Å². The highest BCUT2D eigenvalue weighted by molar-refractivity contribution is 7.22. The Labute approximate surface area is 292 Å². The van der Waals surface area contributed by atoms with Crippen LogP contribution in [0.5, 0.6) is 0 Å². The Kier molecular flexibility index (Phi) is 7.47. The monoisotopic (exact) mass is 667 g/mol. The molecule has 9 rings (SSSR count). The molecule has 0 unspecified atom stereocenters. The lowest BCUT2D eigenvalue weighted by Gasteiger charge is -2.26.